The molecule has 2 N–H and O–H groups in total. The van der Waals surface area contributed by atoms with E-state index in [9.17, 15) is 20.0 Å². The van der Waals surface area contributed by atoms with Crippen LogP contribution in [-0.4, -0.2) is 34.6 Å². The summed E-state index contributed by atoms with van der Waals surface area (Å²) in [7, 11) is 0. The average Bonchev–Trinajstić information content (AvgIpc) is 2.77. The van der Waals surface area contributed by atoms with E-state index in [-0.39, 0.29) is 11.6 Å². The molecular formula is C12H17N3O4S. The number of anilines is 1. The number of hydrogen-bond donors (Lipinski definition) is 2. The van der Waals surface area contributed by atoms with Gasteiger partial charge in [0, 0.05) is 24.0 Å². The maximum Gasteiger partial charge on any atom is 0.304 e. The third-order valence-corrected chi connectivity index (χ3v) is 4.74. The Morgan fingerprint density at radius 3 is 2.80 bits per heavy atom. The summed E-state index contributed by atoms with van der Waals surface area (Å²) < 4.78 is 0. The molecule has 1 fully saturated rings. The molecular weight excluding hydrogens is 282 g/mol. The molecule has 1 aliphatic heterocycles. The lowest BCUT2D eigenvalue weighted by Gasteiger charge is -2.41. The minimum atomic E-state index is -0.857. The molecule has 7 nitrogen and oxygen atoms in total. The first-order valence-electron chi connectivity index (χ1n) is 6.27. The topological polar surface area (TPSA) is 95.7 Å². The number of nitrogens with one attached hydrogen (secondary N) is 1. The number of aliphatic hydroxyl groups is 1. The van der Waals surface area contributed by atoms with Crippen LogP contribution in [0.2, 0.25) is 0 Å². The van der Waals surface area contributed by atoms with Gasteiger partial charge >= 0.3 is 5.69 Å². The largest absolute Gasteiger partial charge is 0.388 e. The minimum absolute atomic E-state index is 0.0614. The predicted molar refractivity (Wildman–Crippen MR) is 76.0 cm³/mol. The van der Waals surface area contributed by atoms with Gasteiger partial charge in [-0.15, -0.1) is 11.3 Å². The van der Waals surface area contributed by atoms with Crippen LogP contribution in [0.25, 0.3) is 0 Å². The molecule has 20 heavy (non-hydrogen) atoms. The lowest BCUT2D eigenvalue weighted by atomic mass is 9.99. The third kappa shape index (κ3) is 2.36. The number of nitro groups is 1. The van der Waals surface area contributed by atoms with Gasteiger partial charge in [0.25, 0.3) is 0 Å². The molecule has 0 bridgehead atoms. The van der Waals surface area contributed by atoms with Gasteiger partial charge < -0.3 is 15.3 Å². The van der Waals surface area contributed by atoms with E-state index in [1.165, 1.54) is 6.07 Å². The van der Waals surface area contributed by atoms with Crippen LogP contribution in [0.3, 0.4) is 0 Å². The molecule has 0 aromatic carbocycles. The molecule has 110 valence electrons. The first kappa shape index (κ1) is 14.7. The number of rotatable bonds is 3. The highest BCUT2D eigenvalue weighted by atomic mass is 32.1. The fourth-order valence-electron chi connectivity index (χ4n) is 2.17. The van der Waals surface area contributed by atoms with Crippen LogP contribution in [0.5, 0.6) is 0 Å². The molecule has 1 aliphatic rings. The van der Waals surface area contributed by atoms with Crippen molar-refractivity contribution in [2.45, 2.75) is 32.4 Å². The maximum absolute atomic E-state index is 12.0. The predicted octanol–water partition coefficient (Wildman–Crippen LogP) is 1.42. The summed E-state index contributed by atoms with van der Waals surface area (Å²) in [5.41, 5.74) is -0.919. The van der Waals surface area contributed by atoms with E-state index in [1.807, 2.05) is 0 Å². The van der Waals surface area contributed by atoms with Gasteiger partial charge in [-0.1, -0.05) is 0 Å². The third-order valence-electron chi connectivity index (χ3n) is 3.42. The van der Waals surface area contributed by atoms with Gasteiger partial charge in [-0.05, 0) is 20.8 Å². The van der Waals surface area contributed by atoms with Crippen molar-refractivity contribution in [1.29, 1.82) is 0 Å². The monoisotopic (exact) mass is 299 g/mol. The van der Waals surface area contributed by atoms with Crippen molar-refractivity contribution in [3.8, 4) is 0 Å². The molecule has 0 radical (unpaired) electrons. The van der Waals surface area contributed by atoms with Gasteiger partial charge in [-0.3, -0.25) is 14.9 Å². The van der Waals surface area contributed by atoms with Gasteiger partial charge in [0.1, 0.15) is 5.54 Å². The quantitative estimate of drug-likeness (QED) is 0.650. The number of hydrogen-bond acceptors (Lipinski definition) is 6. The van der Waals surface area contributed by atoms with Gasteiger partial charge in [0.05, 0.1) is 11.0 Å². The number of carbonyl (C=O) groups excluding carboxylic acids is 1. The van der Waals surface area contributed by atoms with Gasteiger partial charge in [-0.2, -0.15) is 0 Å². The molecule has 0 aliphatic carbocycles. The van der Waals surface area contributed by atoms with Crippen LogP contribution in [-0.2, 0) is 4.79 Å². The first-order valence-corrected chi connectivity index (χ1v) is 7.09. The second kappa shape index (κ2) is 5.02. The van der Waals surface area contributed by atoms with Crippen molar-refractivity contribution in [2.75, 3.05) is 18.0 Å². The highest BCUT2D eigenvalue weighted by molar-refractivity contribution is 7.16. The molecule has 2 heterocycles. The van der Waals surface area contributed by atoms with Crippen LogP contribution in [0.4, 0.5) is 10.7 Å². The van der Waals surface area contributed by atoms with Crippen LogP contribution in [0.15, 0.2) is 6.07 Å². The minimum Gasteiger partial charge on any atom is -0.388 e. The summed E-state index contributed by atoms with van der Waals surface area (Å²) in [4.78, 5) is 24.9. The standard InChI is InChI=1S/C12H17N3O4S/c1-7(16)9-6-8(15(18)19)10(20-9)14-5-4-13-11(17)12(14,2)3/h6-7,16H,4-5H2,1-3H3,(H,13,17). The number of amides is 1. The zero-order valence-electron chi connectivity index (χ0n) is 11.5. The highest BCUT2D eigenvalue weighted by Gasteiger charge is 2.41. The molecule has 0 saturated carbocycles. The van der Waals surface area contributed by atoms with Crippen LogP contribution < -0.4 is 10.2 Å². The van der Waals surface area contributed by atoms with E-state index >= 15 is 0 Å². The fraction of sp³-hybridized carbons (Fsp3) is 0.583. The molecule has 1 aromatic rings. The Bertz CT molecular complexity index is 553. The number of thiophene rings is 1. The Hall–Kier alpha value is -1.67. The second-order valence-electron chi connectivity index (χ2n) is 5.24. The molecule has 8 heteroatoms. The zero-order valence-corrected chi connectivity index (χ0v) is 12.4. The summed E-state index contributed by atoms with van der Waals surface area (Å²) in [6.45, 7) is 5.97. The number of piperazine rings is 1. The van der Waals surface area contributed by atoms with Crippen LogP contribution >= 0.6 is 11.3 Å². The Labute approximate surface area is 120 Å². The first-order chi connectivity index (χ1) is 9.25. The molecule has 1 unspecified atom stereocenters. The van der Waals surface area contributed by atoms with Gasteiger partial charge in [0.15, 0.2) is 5.00 Å². The Balaban J connectivity index is 2.50. The van der Waals surface area contributed by atoms with Crippen molar-refractivity contribution < 1.29 is 14.8 Å². The van der Waals surface area contributed by atoms with E-state index in [1.54, 1.807) is 25.7 Å². The summed E-state index contributed by atoms with van der Waals surface area (Å²) >= 11 is 1.16. The highest BCUT2D eigenvalue weighted by Crippen LogP contribution is 2.43. The lowest BCUT2D eigenvalue weighted by Crippen LogP contribution is -2.62. The SMILES string of the molecule is CC(O)c1cc([N+](=O)[O-])c(N2CCNC(=O)C2(C)C)s1. The number of carbonyl (C=O) groups is 1. The van der Waals surface area contributed by atoms with E-state index < -0.39 is 16.6 Å². The van der Waals surface area contributed by atoms with E-state index in [0.717, 1.165) is 11.3 Å². The smallest absolute Gasteiger partial charge is 0.304 e. The summed E-state index contributed by atoms with van der Waals surface area (Å²) in [5.74, 6) is -0.162. The van der Waals surface area contributed by atoms with Crippen LogP contribution in [0, 0.1) is 10.1 Å². The van der Waals surface area contributed by atoms with E-state index in [2.05, 4.69) is 5.32 Å². The van der Waals surface area contributed by atoms with Crippen molar-refractivity contribution >= 4 is 27.9 Å². The average molecular weight is 299 g/mol. The molecule has 1 aromatic heterocycles. The van der Waals surface area contributed by atoms with Gasteiger partial charge in [0.2, 0.25) is 5.91 Å². The molecule has 1 saturated heterocycles. The number of nitrogens with zero attached hydrogens (tertiary/aromatic N) is 2. The zero-order chi connectivity index (χ0) is 15.1. The van der Waals surface area contributed by atoms with Crippen LogP contribution in [0.1, 0.15) is 31.8 Å². The molecule has 2 rings (SSSR count). The molecule has 1 amide bonds. The van der Waals surface area contributed by atoms with Crippen molar-refractivity contribution in [3.63, 3.8) is 0 Å². The van der Waals surface area contributed by atoms with E-state index in [0.29, 0.717) is 23.0 Å². The fourth-order valence-corrected chi connectivity index (χ4v) is 3.41. The second-order valence-corrected chi connectivity index (χ2v) is 6.30. The van der Waals surface area contributed by atoms with Crippen molar-refractivity contribution in [3.05, 3.63) is 21.1 Å². The summed E-state index contributed by atoms with van der Waals surface area (Å²) in [5, 5.41) is 24.0. The normalized spacial score (nSPS) is 19.6. The Morgan fingerprint density at radius 1 is 1.60 bits per heavy atom. The van der Waals surface area contributed by atoms with Crippen molar-refractivity contribution in [1.82, 2.24) is 5.32 Å². The maximum atomic E-state index is 12.0. The summed E-state index contributed by atoms with van der Waals surface area (Å²) in [6.07, 6.45) is -0.769. The Kier molecular flexibility index (Phi) is 3.70. The Morgan fingerprint density at radius 2 is 2.25 bits per heavy atom. The molecule has 0 spiro atoms. The van der Waals surface area contributed by atoms with Crippen molar-refractivity contribution in [2.24, 2.45) is 0 Å². The molecule has 1 atom stereocenters. The number of aliphatic hydroxyl groups excluding tert-OH is 1. The summed E-state index contributed by atoms with van der Waals surface area (Å²) in [6, 6.07) is 1.38. The van der Waals surface area contributed by atoms with E-state index in [4.69, 9.17) is 0 Å². The lowest BCUT2D eigenvalue weighted by molar-refractivity contribution is -0.383. The van der Waals surface area contributed by atoms with Gasteiger partial charge in [-0.25, -0.2) is 0 Å².